The third kappa shape index (κ3) is 4.38. The van der Waals surface area contributed by atoms with Crippen molar-refractivity contribution >= 4 is 29.0 Å². The standard InChI is InChI=1S/C24H28Cl2N2O2/c1-2-3-10-28-11-4-5-16(14-28)15-6-8-19-21(12-15)30-24(22(19)27)23(29)18-9-7-17(25)13-20(18)26/h6-9,12-13,16,22,24H,2-5,10-11,14,27H2,1H3. The summed E-state index contributed by atoms with van der Waals surface area (Å²) in [7, 11) is 0. The molecule has 2 aliphatic heterocycles. The number of hydrogen-bond donors (Lipinski definition) is 1. The van der Waals surface area contributed by atoms with E-state index in [1.54, 1.807) is 18.2 Å². The predicted molar refractivity (Wildman–Crippen MR) is 122 cm³/mol. The van der Waals surface area contributed by atoms with Crippen molar-refractivity contribution in [2.24, 2.45) is 5.73 Å². The lowest BCUT2D eigenvalue weighted by Crippen LogP contribution is -2.35. The molecule has 4 nitrogen and oxygen atoms in total. The molecular formula is C24H28Cl2N2O2. The quantitative estimate of drug-likeness (QED) is 0.585. The van der Waals surface area contributed by atoms with Gasteiger partial charge in [0.15, 0.2) is 6.10 Å². The number of Topliss-reactive ketones (excluding diaryl/α,β-unsaturated/α-hetero) is 1. The Bertz CT molecular complexity index is 933. The molecule has 1 saturated heterocycles. The molecule has 2 heterocycles. The van der Waals surface area contributed by atoms with Crippen LogP contribution in [0.2, 0.25) is 10.0 Å². The summed E-state index contributed by atoms with van der Waals surface area (Å²) in [6, 6.07) is 10.6. The van der Waals surface area contributed by atoms with Crippen LogP contribution in [0, 0.1) is 0 Å². The van der Waals surface area contributed by atoms with E-state index in [1.165, 1.54) is 37.8 Å². The molecule has 2 aromatic carbocycles. The van der Waals surface area contributed by atoms with Gasteiger partial charge in [0.2, 0.25) is 5.78 Å². The summed E-state index contributed by atoms with van der Waals surface area (Å²) in [5.74, 6) is 0.987. The lowest BCUT2D eigenvalue weighted by atomic mass is 9.89. The molecule has 2 N–H and O–H groups in total. The van der Waals surface area contributed by atoms with Crippen molar-refractivity contribution in [3.63, 3.8) is 0 Å². The van der Waals surface area contributed by atoms with Crippen LogP contribution in [0.3, 0.4) is 0 Å². The van der Waals surface area contributed by atoms with Crippen molar-refractivity contribution in [3.05, 3.63) is 63.1 Å². The van der Waals surface area contributed by atoms with Crippen molar-refractivity contribution in [2.45, 2.75) is 50.7 Å². The Morgan fingerprint density at radius 2 is 2.07 bits per heavy atom. The number of hydrogen-bond acceptors (Lipinski definition) is 4. The summed E-state index contributed by atoms with van der Waals surface area (Å²) < 4.78 is 6.06. The van der Waals surface area contributed by atoms with Crippen LogP contribution >= 0.6 is 23.2 Å². The van der Waals surface area contributed by atoms with Crippen LogP contribution in [0.4, 0.5) is 0 Å². The van der Waals surface area contributed by atoms with Crippen molar-refractivity contribution in [2.75, 3.05) is 19.6 Å². The number of nitrogens with zero attached hydrogens (tertiary/aromatic N) is 1. The third-order valence-electron chi connectivity index (χ3n) is 6.24. The van der Waals surface area contributed by atoms with E-state index >= 15 is 0 Å². The first-order valence-corrected chi connectivity index (χ1v) is 11.5. The molecule has 0 spiro atoms. The Kier molecular flexibility index (Phi) is 6.69. The van der Waals surface area contributed by atoms with E-state index in [-0.39, 0.29) is 5.78 Å². The SMILES string of the molecule is CCCCN1CCCC(c2ccc3c(c2)OC(C(=O)c2ccc(Cl)cc2Cl)C3N)C1. The first kappa shape index (κ1) is 21.6. The largest absolute Gasteiger partial charge is 0.480 e. The second-order valence-corrected chi connectivity index (χ2v) is 9.19. The third-order valence-corrected chi connectivity index (χ3v) is 6.78. The molecule has 160 valence electrons. The van der Waals surface area contributed by atoms with Crippen molar-refractivity contribution in [3.8, 4) is 5.75 Å². The lowest BCUT2D eigenvalue weighted by molar-refractivity contribution is 0.0794. The van der Waals surface area contributed by atoms with Gasteiger partial charge in [-0.05, 0) is 68.1 Å². The average molecular weight is 447 g/mol. The highest BCUT2D eigenvalue weighted by Crippen LogP contribution is 2.40. The highest BCUT2D eigenvalue weighted by atomic mass is 35.5. The van der Waals surface area contributed by atoms with Crippen molar-refractivity contribution < 1.29 is 9.53 Å². The maximum atomic E-state index is 13.0. The van der Waals surface area contributed by atoms with E-state index in [0.717, 1.165) is 18.7 Å². The summed E-state index contributed by atoms with van der Waals surface area (Å²) in [6.07, 6.45) is 4.07. The second kappa shape index (κ2) is 9.27. The number of nitrogens with two attached hydrogens (primary N) is 1. The predicted octanol–water partition coefficient (Wildman–Crippen LogP) is 5.62. The molecule has 0 saturated carbocycles. The number of piperidine rings is 1. The monoisotopic (exact) mass is 446 g/mol. The van der Waals surface area contributed by atoms with Gasteiger partial charge in [0.1, 0.15) is 5.75 Å². The number of rotatable bonds is 6. The molecule has 0 bridgehead atoms. The van der Waals surface area contributed by atoms with Gasteiger partial charge >= 0.3 is 0 Å². The number of carbonyl (C=O) groups excluding carboxylic acids is 1. The fourth-order valence-electron chi connectivity index (χ4n) is 4.53. The van der Waals surface area contributed by atoms with Crippen LogP contribution in [-0.4, -0.2) is 36.4 Å². The first-order valence-electron chi connectivity index (χ1n) is 10.8. The van der Waals surface area contributed by atoms with Gasteiger partial charge in [0.05, 0.1) is 11.1 Å². The van der Waals surface area contributed by atoms with Crippen LogP contribution in [0.15, 0.2) is 36.4 Å². The summed E-state index contributed by atoms with van der Waals surface area (Å²) in [4.78, 5) is 15.6. The van der Waals surface area contributed by atoms with E-state index in [4.69, 9.17) is 33.7 Å². The molecule has 1 fully saturated rings. The maximum Gasteiger partial charge on any atom is 0.206 e. The summed E-state index contributed by atoms with van der Waals surface area (Å²) in [6.45, 7) is 5.66. The van der Waals surface area contributed by atoms with Crippen LogP contribution in [0.5, 0.6) is 5.75 Å². The second-order valence-electron chi connectivity index (χ2n) is 8.34. The number of ketones is 1. The van der Waals surface area contributed by atoms with Crippen LogP contribution in [-0.2, 0) is 0 Å². The Morgan fingerprint density at radius 3 is 2.83 bits per heavy atom. The Balaban J connectivity index is 1.51. The van der Waals surface area contributed by atoms with Gasteiger partial charge in [-0.2, -0.15) is 0 Å². The molecule has 4 rings (SSSR count). The number of fused-ring (bicyclic) bond motifs is 1. The zero-order chi connectivity index (χ0) is 21.3. The van der Waals surface area contributed by atoms with Gasteiger partial charge in [-0.1, -0.05) is 48.7 Å². The van der Waals surface area contributed by atoms with E-state index in [9.17, 15) is 4.79 Å². The van der Waals surface area contributed by atoms with Gasteiger partial charge in [0, 0.05) is 22.7 Å². The minimum absolute atomic E-state index is 0.217. The van der Waals surface area contributed by atoms with Crippen LogP contribution in [0.25, 0.3) is 0 Å². The number of ether oxygens (including phenoxy) is 1. The number of unbranched alkanes of at least 4 members (excludes halogenated alkanes) is 1. The zero-order valence-electron chi connectivity index (χ0n) is 17.2. The molecule has 0 radical (unpaired) electrons. The van der Waals surface area contributed by atoms with Gasteiger partial charge in [-0.3, -0.25) is 4.79 Å². The van der Waals surface area contributed by atoms with E-state index in [2.05, 4.69) is 24.0 Å². The molecular weight excluding hydrogens is 419 g/mol. The fourth-order valence-corrected chi connectivity index (χ4v) is 5.03. The normalized spacial score (nSPS) is 23.8. The smallest absolute Gasteiger partial charge is 0.206 e. The molecule has 2 aliphatic rings. The van der Waals surface area contributed by atoms with Gasteiger partial charge in [-0.15, -0.1) is 0 Å². The maximum absolute atomic E-state index is 13.0. The summed E-state index contributed by atoms with van der Waals surface area (Å²) >= 11 is 12.2. The number of benzene rings is 2. The fraction of sp³-hybridized carbons (Fsp3) is 0.458. The topological polar surface area (TPSA) is 55.6 Å². The van der Waals surface area contributed by atoms with Crippen LogP contribution in [0.1, 0.15) is 66.1 Å². The highest BCUT2D eigenvalue weighted by Gasteiger charge is 2.38. The highest BCUT2D eigenvalue weighted by molar-refractivity contribution is 6.37. The molecule has 0 amide bonds. The number of halogens is 2. The number of likely N-dealkylation sites (tertiary alicyclic amines) is 1. The molecule has 2 aromatic rings. The summed E-state index contributed by atoms with van der Waals surface area (Å²) in [5, 5.41) is 0.802. The molecule has 3 unspecified atom stereocenters. The minimum atomic E-state index is -0.777. The van der Waals surface area contributed by atoms with Crippen molar-refractivity contribution in [1.82, 2.24) is 4.90 Å². The molecule has 30 heavy (non-hydrogen) atoms. The molecule has 3 atom stereocenters. The Labute approximate surface area is 188 Å². The zero-order valence-corrected chi connectivity index (χ0v) is 18.8. The average Bonchev–Trinajstić information content (AvgIpc) is 3.08. The van der Waals surface area contributed by atoms with E-state index < -0.39 is 12.1 Å². The molecule has 0 aliphatic carbocycles. The molecule has 6 heteroatoms. The Hall–Kier alpha value is -1.59. The van der Waals surface area contributed by atoms with E-state index in [1.807, 2.05) is 6.07 Å². The minimum Gasteiger partial charge on any atom is -0.480 e. The Morgan fingerprint density at radius 1 is 1.23 bits per heavy atom. The van der Waals surface area contributed by atoms with Gasteiger partial charge < -0.3 is 15.4 Å². The summed E-state index contributed by atoms with van der Waals surface area (Å²) in [5.41, 5.74) is 8.91. The number of carbonyl (C=O) groups is 1. The van der Waals surface area contributed by atoms with E-state index in [0.29, 0.717) is 27.3 Å². The van der Waals surface area contributed by atoms with Crippen molar-refractivity contribution in [1.29, 1.82) is 0 Å². The van der Waals surface area contributed by atoms with Gasteiger partial charge in [0.25, 0.3) is 0 Å². The molecule has 0 aromatic heterocycles. The lowest BCUT2D eigenvalue weighted by Gasteiger charge is -2.33. The van der Waals surface area contributed by atoms with Crippen LogP contribution < -0.4 is 10.5 Å². The van der Waals surface area contributed by atoms with Gasteiger partial charge in [-0.25, -0.2) is 0 Å². The first-order chi connectivity index (χ1) is 14.5.